The molecule has 1 saturated carbocycles. The Bertz CT molecular complexity index is 298. The van der Waals surface area contributed by atoms with Gasteiger partial charge in [0, 0.05) is 26.9 Å². The lowest BCUT2D eigenvalue weighted by Gasteiger charge is -2.15. The van der Waals surface area contributed by atoms with E-state index in [1.807, 2.05) is 0 Å². The first kappa shape index (κ1) is 13.9. The van der Waals surface area contributed by atoms with Gasteiger partial charge in [-0.3, -0.25) is 0 Å². The molecule has 0 amide bonds. The minimum atomic E-state index is -3.21. The highest BCUT2D eigenvalue weighted by Gasteiger charge is 2.42. The lowest BCUT2D eigenvalue weighted by Crippen LogP contribution is -2.32. The van der Waals surface area contributed by atoms with E-state index >= 15 is 0 Å². The van der Waals surface area contributed by atoms with Crippen molar-refractivity contribution < 1.29 is 18.3 Å². The monoisotopic (exact) mass is 251 g/mol. The first-order chi connectivity index (χ1) is 7.54. The number of nitrogens with one attached hydrogen (secondary N) is 1. The van der Waals surface area contributed by atoms with Crippen LogP contribution in [0.5, 0.6) is 0 Å². The number of aliphatic hydroxyl groups is 1. The van der Waals surface area contributed by atoms with Gasteiger partial charge in [0.15, 0.2) is 0 Å². The number of rotatable bonds is 9. The number of hydrogen-bond donors (Lipinski definition) is 2. The van der Waals surface area contributed by atoms with Crippen molar-refractivity contribution in [3.8, 4) is 0 Å². The Hall–Kier alpha value is -0.170. The maximum absolute atomic E-state index is 11.5. The Morgan fingerprint density at radius 2 is 2.12 bits per heavy atom. The molecule has 6 heteroatoms. The van der Waals surface area contributed by atoms with Crippen LogP contribution in [0.4, 0.5) is 0 Å². The van der Waals surface area contributed by atoms with Gasteiger partial charge in [0.1, 0.15) is 0 Å². The summed E-state index contributed by atoms with van der Waals surface area (Å²) in [5.41, 5.74) is 0.127. The van der Waals surface area contributed by atoms with E-state index in [1.54, 1.807) is 7.11 Å². The van der Waals surface area contributed by atoms with Gasteiger partial charge in [-0.2, -0.15) is 0 Å². The van der Waals surface area contributed by atoms with Crippen molar-refractivity contribution >= 4 is 10.0 Å². The van der Waals surface area contributed by atoms with Crippen LogP contribution >= 0.6 is 0 Å². The van der Waals surface area contributed by atoms with Crippen LogP contribution < -0.4 is 4.72 Å². The van der Waals surface area contributed by atoms with Gasteiger partial charge in [0.25, 0.3) is 0 Å². The van der Waals surface area contributed by atoms with Crippen molar-refractivity contribution in [3.05, 3.63) is 0 Å². The standard InChI is InChI=1S/C10H21NO4S/c1-15-7-5-10(3-4-10)9-11-16(13,14)8-2-6-12/h11-12H,2-9H2,1H3. The Morgan fingerprint density at radius 1 is 1.44 bits per heavy atom. The molecule has 0 spiro atoms. The van der Waals surface area contributed by atoms with E-state index in [1.165, 1.54) is 0 Å². The molecule has 0 saturated heterocycles. The van der Waals surface area contributed by atoms with Gasteiger partial charge in [-0.25, -0.2) is 13.1 Å². The third-order valence-corrected chi connectivity index (χ3v) is 4.44. The molecule has 0 unspecified atom stereocenters. The summed E-state index contributed by atoms with van der Waals surface area (Å²) in [6, 6.07) is 0. The van der Waals surface area contributed by atoms with Crippen LogP contribution in [0.3, 0.4) is 0 Å². The molecule has 2 N–H and O–H groups in total. The minimum Gasteiger partial charge on any atom is -0.396 e. The fourth-order valence-electron chi connectivity index (χ4n) is 1.60. The van der Waals surface area contributed by atoms with Crippen molar-refractivity contribution in [2.24, 2.45) is 5.41 Å². The zero-order chi connectivity index (χ0) is 12.1. The predicted octanol–water partition coefficient (Wildman–Crippen LogP) is 0.105. The molecule has 0 bridgehead atoms. The highest BCUT2D eigenvalue weighted by Crippen LogP contribution is 2.48. The Morgan fingerprint density at radius 3 is 2.62 bits per heavy atom. The Kier molecular flexibility index (Phi) is 5.17. The smallest absolute Gasteiger partial charge is 0.211 e. The summed E-state index contributed by atoms with van der Waals surface area (Å²) in [6.07, 6.45) is 3.34. The number of methoxy groups -OCH3 is 1. The second-order valence-electron chi connectivity index (χ2n) is 4.46. The third-order valence-electron chi connectivity index (χ3n) is 3.03. The Balaban J connectivity index is 2.28. The van der Waals surface area contributed by atoms with Crippen molar-refractivity contribution in [1.29, 1.82) is 0 Å². The molecule has 0 aromatic carbocycles. The summed E-state index contributed by atoms with van der Waals surface area (Å²) in [4.78, 5) is 0. The maximum atomic E-state index is 11.5. The van der Waals surface area contributed by atoms with Crippen LogP contribution in [0.2, 0.25) is 0 Å². The molecule has 1 aliphatic rings. The van der Waals surface area contributed by atoms with Crippen LogP contribution in [0.25, 0.3) is 0 Å². The zero-order valence-corrected chi connectivity index (χ0v) is 10.6. The van der Waals surface area contributed by atoms with Crippen molar-refractivity contribution in [3.63, 3.8) is 0 Å². The number of ether oxygens (including phenoxy) is 1. The Labute approximate surface area is 97.2 Å². The summed E-state index contributed by atoms with van der Waals surface area (Å²) < 4.78 is 30.6. The molecule has 0 radical (unpaired) electrons. The van der Waals surface area contributed by atoms with E-state index in [0.717, 1.165) is 19.3 Å². The quantitative estimate of drug-likeness (QED) is 0.609. The van der Waals surface area contributed by atoms with E-state index in [9.17, 15) is 8.42 Å². The number of aliphatic hydroxyl groups excluding tert-OH is 1. The molecule has 0 aromatic rings. The van der Waals surface area contributed by atoms with Gasteiger partial charge in [0.05, 0.1) is 5.75 Å². The van der Waals surface area contributed by atoms with Crippen LogP contribution in [-0.4, -0.2) is 46.1 Å². The molecular weight excluding hydrogens is 230 g/mol. The van der Waals surface area contributed by atoms with E-state index in [2.05, 4.69) is 4.72 Å². The lowest BCUT2D eigenvalue weighted by molar-refractivity contribution is 0.173. The molecule has 0 heterocycles. The predicted molar refractivity (Wildman–Crippen MR) is 61.7 cm³/mol. The summed E-state index contributed by atoms with van der Waals surface area (Å²) in [5, 5.41) is 8.58. The molecule has 5 nitrogen and oxygen atoms in total. The van der Waals surface area contributed by atoms with Gasteiger partial charge >= 0.3 is 0 Å². The maximum Gasteiger partial charge on any atom is 0.211 e. The molecule has 1 fully saturated rings. The van der Waals surface area contributed by atoms with E-state index in [-0.39, 0.29) is 17.8 Å². The highest BCUT2D eigenvalue weighted by atomic mass is 32.2. The number of hydrogen-bond acceptors (Lipinski definition) is 4. The summed E-state index contributed by atoms with van der Waals surface area (Å²) >= 11 is 0. The van der Waals surface area contributed by atoms with Crippen LogP contribution in [0.15, 0.2) is 0 Å². The topological polar surface area (TPSA) is 75.6 Å². The molecule has 16 heavy (non-hydrogen) atoms. The van der Waals surface area contributed by atoms with Gasteiger partial charge in [-0.05, 0) is 31.1 Å². The average molecular weight is 251 g/mol. The normalized spacial score (nSPS) is 18.6. The van der Waals surface area contributed by atoms with E-state index in [0.29, 0.717) is 19.6 Å². The summed E-state index contributed by atoms with van der Waals surface area (Å²) in [5.74, 6) is 0.00383. The fourth-order valence-corrected chi connectivity index (χ4v) is 2.78. The molecule has 0 aromatic heterocycles. The molecule has 1 aliphatic carbocycles. The van der Waals surface area contributed by atoms with Gasteiger partial charge < -0.3 is 9.84 Å². The minimum absolute atomic E-state index is 0.00383. The SMILES string of the molecule is COCCC1(CNS(=O)(=O)CCCO)CC1. The second kappa shape index (κ2) is 5.95. The van der Waals surface area contributed by atoms with E-state index < -0.39 is 10.0 Å². The average Bonchev–Trinajstić information content (AvgIpc) is 3.02. The van der Waals surface area contributed by atoms with Crippen molar-refractivity contribution in [2.75, 3.05) is 32.6 Å². The van der Waals surface area contributed by atoms with Crippen molar-refractivity contribution in [2.45, 2.75) is 25.7 Å². The second-order valence-corrected chi connectivity index (χ2v) is 6.39. The van der Waals surface area contributed by atoms with Crippen LogP contribution in [0, 0.1) is 5.41 Å². The van der Waals surface area contributed by atoms with Gasteiger partial charge in [0.2, 0.25) is 10.0 Å². The van der Waals surface area contributed by atoms with E-state index in [4.69, 9.17) is 9.84 Å². The molecule has 96 valence electrons. The first-order valence-electron chi connectivity index (χ1n) is 5.61. The van der Waals surface area contributed by atoms with Gasteiger partial charge in [-0.15, -0.1) is 0 Å². The first-order valence-corrected chi connectivity index (χ1v) is 7.26. The summed E-state index contributed by atoms with van der Waals surface area (Å²) in [7, 11) is -1.56. The highest BCUT2D eigenvalue weighted by molar-refractivity contribution is 7.89. The van der Waals surface area contributed by atoms with Crippen molar-refractivity contribution in [1.82, 2.24) is 4.72 Å². The third kappa shape index (κ3) is 4.78. The van der Waals surface area contributed by atoms with Gasteiger partial charge in [-0.1, -0.05) is 0 Å². The molecule has 1 rings (SSSR count). The summed E-state index contributed by atoms with van der Waals surface area (Å²) in [6.45, 7) is 1.10. The molecule has 0 aliphatic heterocycles. The fraction of sp³-hybridized carbons (Fsp3) is 1.00. The molecular formula is C10H21NO4S. The largest absolute Gasteiger partial charge is 0.396 e. The van der Waals surface area contributed by atoms with Crippen LogP contribution in [0.1, 0.15) is 25.7 Å². The number of sulfonamides is 1. The van der Waals surface area contributed by atoms with Crippen LogP contribution in [-0.2, 0) is 14.8 Å². The molecule has 0 atom stereocenters. The zero-order valence-electron chi connectivity index (χ0n) is 9.74. The lowest BCUT2D eigenvalue weighted by atomic mass is 10.0.